The molecule has 0 unspecified atom stereocenters. The van der Waals surface area contributed by atoms with E-state index in [2.05, 4.69) is 4.74 Å². The average molecular weight is 412 g/mol. The maximum absolute atomic E-state index is 12.9. The number of carboxylic acid groups (broad SMARTS) is 1. The summed E-state index contributed by atoms with van der Waals surface area (Å²) >= 11 is 0. The summed E-state index contributed by atoms with van der Waals surface area (Å²) in [7, 11) is -3.94. The lowest BCUT2D eigenvalue weighted by molar-refractivity contribution is -0.0498. The standard InChI is InChI=1S/C18H18F2N2O5S/c19-18(20)27-14-7-5-13(6-8-14)21-9-11-22(12-10-21)28(25,26)16-4-2-1-3-15(16)17(23)24/h1-8,18H,9-12H2,(H,23,24). The summed E-state index contributed by atoms with van der Waals surface area (Å²) in [5.74, 6) is -1.26. The van der Waals surface area contributed by atoms with Crippen LogP contribution in [0.5, 0.6) is 5.75 Å². The van der Waals surface area contributed by atoms with E-state index in [0.717, 1.165) is 5.69 Å². The molecule has 1 N–H and O–H groups in total. The summed E-state index contributed by atoms with van der Waals surface area (Å²) in [6, 6.07) is 11.6. The molecule has 2 aromatic carbocycles. The molecule has 0 spiro atoms. The van der Waals surface area contributed by atoms with Gasteiger partial charge in [-0.3, -0.25) is 0 Å². The molecule has 1 aliphatic heterocycles. The molecule has 1 saturated heterocycles. The molecule has 0 saturated carbocycles. The molecule has 1 aliphatic rings. The SMILES string of the molecule is O=C(O)c1ccccc1S(=O)(=O)N1CCN(c2ccc(OC(F)F)cc2)CC1. The third kappa shape index (κ3) is 4.23. The van der Waals surface area contributed by atoms with Gasteiger partial charge in [-0.25, -0.2) is 13.2 Å². The minimum Gasteiger partial charge on any atom is -0.478 e. The van der Waals surface area contributed by atoms with Crippen LogP contribution >= 0.6 is 0 Å². The van der Waals surface area contributed by atoms with E-state index < -0.39 is 22.6 Å². The highest BCUT2D eigenvalue weighted by atomic mass is 32.2. The fourth-order valence-corrected chi connectivity index (χ4v) is 4.64. The maximum atomic E-state index is 12.9. The van der Waals surface area contributed by atoms with Gasteiger partial charge in [0, 0.05) is 31.9 Å². The molecule has 10 heteroatoms. The minimum atomic E-state index is -3.94. The van der Waals surface area contributed by atoms with Crippen molar-refractivity contribution in [3.63, 3.8) is 0 Å². The number of rotatable bonds is 6. The molecule has 0 aromatic heterocycles. The normalized spacial score (nSPS) is 15.6. The fraction of sp³-hybridized carbons (Fsp3) is 0.278. The second-order valence-corrected chi connectivity index (χ2v) is 7.97. The van der Waals surface area contributed by atoms with Crippen LogP contribution in [0.25, 0.3) is 0 Å². The van der Waals surface area contributed by atoms with Crippen LogP contribution in [0.3, 0.4) is 0 Å². The van der Waals surface area contributed by atoms with Gasteiger partial charge in [-0.15, -0.1) is 0 Å². The van der Waals surface area contributed by atoms with E-state index in [1.54, 1.807) is 12.1 Å². The van der Waals surface area contributed by atoms with E-state index in [0.29, 0.717) is 13.1 Å². The van der Waals surface area contributed by atoms with Gasteiger partial charge in [-0.05, 0) is 36.4 Å². The summed E-state index contributed by atoms with van der Waals surface area (Å²) in [5, 5.41) is 9.25. The van der Waals surface area contributed by atoms with Crippen LogP contribution in [0.2, 0.25) is 0 Å². The molecule has 3 rings (SSSR count). The highest BCUT2D eigenvalue weighted by Crippen LogP contribution is 2.25. The highest BCUT2D eigenvalue weighted by molar-refractivity contribution is 7.89. The molecule has 1 heterocycles. The molecule has 2 aromatic rings. The van der Waals surface area contributed by atoms with Crippen LogP contribution in [0.4, 0.5) is 14.5 Å². The second kappa shape index (κ2) is 8.11. The first kappa shape index (κ1) is 20.0. The van der Waals surface area contributed by atoms with Crippen LogP contribution in [0.1, 0.15) is 10.4 Å². The summed E-state index contributed by atoms with van der Waals surface area (Å²) in [6.07, 6.45) is 0. The molecule has 28 heavy (non-hydrogen) atoms. The molecule has 150 valence electrons. The zero-order valence-electron chi connectivity index (χ0n) is 14.7. The Morgan fingerprint density at radius 1 is 1.00 bits per heavy atom. The molecule has 7 nitrogen and oxygen atoms in total. The van der Waals surface area contributed by atoms with Gasteiger partial charge in [0.1, 0.15) is 5.75 Å². The number of alkyl halides is 2. The van der Waals surface area contributed by atoms with Gasteiger partial charge < -0.3 is 14.7 Å². The summed E-state index contributed by atoms with van der Waals surface area (Å²) in [4.78, 5) is 13.0. The Morgan fingerprint density at radius 3 is 2.18 bits per heavy atom. The first-order valence-corrected chi connectivity index (χ1v) is 9.85. The molecule has 0 aliphatic carbocycles. The molecule has 0 radical (unpaired) electrons. The number of benzene rings is 2. The number of ether oxygens (including phenoxy) is 1. The van der Waals surface area contributed by atoms with Crippen molar-refractivity contribution in [1.29, 1.82) is 0 Å². The number of halogens is 2. The number of hydrogen-bond donors (Lipinski definition) is 1. The van der Waals surface area contributed by atoms with E-state index in [1.807, 2.05) is 4.90 Å². The zero-order chi connectivity index (χ0) is 20.3. The summed E-state index contributed by atoms with van der Waals surface area (Å²) < 4.78 is 55.7. The van der Waals surface area contributed by atoms with Gasteiger partial charge >= 0.3 is 12.6 Å². The third-order valence-electron chi connectivity index (χ3n) is 4.40. The largest absolute Gasteiger partial charge is 0.478 e. The highest BCUT2D eigenvalue weighted by Gasteiger charge is 2.31. The number of piperazine rings is 1. The minimum absolute atomic E-state index is 0.0465. The molecule has 0 atom stereocenters. The van der Waals surface area contributed by atoms with Crippen LogP contribution in [-0.2, 0) is 10.0 Å². The predicted molar refractivity (Wildman–Crippen MR) is 97.4 cm³/mol. The van der Waals surface area contributed by atoms with E-state index in [1.165, 1.54) is 40.7 Å². The number of carboxylic acids is 1. The summed E-state index contributed by atoms with van der Waals surface area (Å²) in [6.45, 7) is -1.79. The van der Waals surface area contributed by atoms with Gasteiger partial charge in [-0.1, -0.05) is 12.1 Å². The van der Waals surface area contributed by atoms with Gasteiger partial charge in [0.15, 0.2) is 0 Å². The van der Waals surface area contributed by atoms with Crippen molar-refractivity contribution in [2.75, 3.05) is 31.1 Å². The number of nitrogens with zero attached hydrogens (tertiary/aromatic N) is 2. The quantitative estimate of drug-likeness (QED) is 0.785. The molecule has 0 amide bonds. The first-order chi connectivity index (χ1) is 13.3. The van der Waals surface area contributed by atoms with Gasteiger partial charge in [-0.2, -0.15) is 13.1 Å². The van der Waals surface area contributed by atoms with Crippen molar-refractivity contribution >= 4 is 21.7 Å². The maximum Gasteiger partial charge on any atom is 0.387 e. The van der Waals surface area contributed by atoms with E-state index in [9.17, 15) is 27.1 Å². The first-order valence-electron chi connectivity index (χ1n) is 8.41. The van der Waals surface area contributed by atoms with E-state index in [-0.39, 0.29) is 29.3 Å². The Hall–Kier alpha value is -2.72. The number of sulfonamides is 1. The summed E-state index contributed by atoms with van der Waals surface area (Å²) in [5.41, 5.74) is 0.490. The molecule has 0 bridgehead atoms. The monoisotopic (exact) mass is 412 g/mol. The lowest BCUT2D eigenvalue weighted by Gasteiger charge is -2.35. The van der Waals surface area contributed by atoms with Crippen LogP contribution in [0.15, 0.2) is 53.4 Å². The van der Waals surface area contributed by atoms with E-state index in [4.69, 9.17) is 0 Å². The van der Waals surface area contributed by atoms with Crippen LogP contribution in [0, 0.1) is 0 Å². The van der Waals surface area contributed by atoms with Crippen LogP contribution < -0.4 is 9.64 Å². The van der Waals surface area contributed by atoms with Crippen LogP contribution in [-0.4, -0.2) is 56.6 Å². The number of carbonyl (C=O) groups is 1. The molecular weight excluding hydrogens is 394 g/mol. The van der Waals surface area contributed by atoms with Crippen molar-refractivity contribution in [2.24, 2.45) is 0 Å². The van der Waals surface area contributed by atoms with Crippen molar-refractivity contribution in [1.82, 2.24) is 4.31 Å². The lowest BCUT2D eigenvalue weighted by Crippen LogP contribution is -2.48. The Labute approximate surface area is 160 Å². The number of hydrogen-bond acceptors (Lipinski definition) is 5. The molecular formula is C18H18F2N2O5S. The topological polar surface area (TPSA) is 87.1 Å². The van der Waals surface area contributed by atoms with Gasteiger partial charge in [0.2, 0.25) is 10.0 Å². The van der Waals surface area contributed by atoms with Gasteiger partial charge in [0.25, 0.3) is 0 Å². The Bertz CT molecular complexity index is 943. The average Bonchev–Trinajstić information content (AvgIpc) is 2.68. The number of anilines is 1. The predicted octanol–water partition coefficient (Wildman–Crippen LogP) is 2.50. The lowest BCUT2D eigenvalue weighted by atomic mass is 10.2. The molecule has 1 fully saturated rings. The van der Waals surface area contributed by atoms with Crippen molar-refractivity contribution < 1.29 is 31.8 Å². The fourth-order valence-electron chi connectivity index (χ4n) is 3.03. The van der Waals surface area contributed by atoms with Crippen molar-refractivity contribution in [3.05, 3.63) is 54.1 Å². The third-order valence-corrected chi connectivity index (χ3v) is 6.36. The van der Waals surface area contributed by atoms with E-state index >= 15 is 0 Å². The zero-order valence-corrected chi connectivity index (χ0v) is 15.5. The van der Waals surface area contributed by atoms with Crippen molar-refractivity contribution in [2.45, 2.75) is 11.5 Å². The number of aromatic carboxylic acids is 1. The Balaban J connectivity index is 1.70. The van der Waals surface area contributed by atoms with Gasteiger partial charge in [0.05, 0.1) is 10.5 Å². The Kier molecular flexibility index (Phi) is 5.80. The Morgan fingerprint density at radius 2 is 1.61 bits per heavy atom. The van der Waals surface area contributed by atoms with Crippen molar-refractivity contribution in [3.8, 4) is 5.75 Å². The smallest absolute Gasteiger partial charge is 0.387 e. The second-order valence-electron chi connectivity index (χ2n) is 6.06.